The molecule has 0 saturated heterocycles. The summed E-state index contributed by atoms with van der Waals surface area (Å²) in [5, 5.41) is 3.37. The second-order valence-electron chi connectivity index (χ2n) is 4.17. The third-order valence-corrected chi connectivity index (χ3v) is 3.75. The van der Waals surface area contributed by atoms with E-state index in [1.54, 1.807) is 24.3 Å². The fraction of sp³-hybridized carbons (Fsp3) is 0.0833. The van der Waals surface area contributed by atoms with Crippen molar-refractivity contribution in [1.82, 2.24) is 19.6 Å². The minimum Gasteiger partial charge on any atom is -0.368 e. The van der Waals surface area contributed by atoms with Crippen LogP contribution in [0.2, 0.25) is 0 Å². The monoisotopic (exact) mass is 405 g/mol. The van der Waals surface area contributed by atoms with Gasteiger partial charge in [0, 0.05) is 5.56 Å². The van der Waals surface area contributed by atoms with Crippen LogP contribution in [0.1, 0.15) is 5.82 Å². The summed E-state index contributed by atoms with van der Waals surface area (Å²) in [6.45, 7) is 0. The largest absolute Gasteiger partial charge is 0.453 e. The summed E-state index contributed by atoms with van der Waals surface area (Å²) in [6, 6.07) is 9.02. The maximum atomic E-state index is 12.7. The fourth-order valence-electron chi connectivity index (χ4n) is 1.84. The van der Waals surface area contributed by atoms with Gasteiger partial charge in [0.1, 0.15) is 0 Å². The molecule has 2 N–H and O–H groups in total. The third kappa shape index (κ3) is 2.41. The number of aromatic nitrogens is 4. The molecular formula is C12H7F3IN5. The average Bonchev–Trinajstić information content (AvgIpc) is 2.90. The Morgan fingerprint density at radius 2 is 1.76 bits per heavy atom. The molecule has 5 nitrogen and oxygen atoms in total. The van der Waals surface area contributed by atoms with Crippen molar-refractivity contribution in [2.75, 3.05) is 5.73 Å². The number of fused-ring (bicyclic) bond motifs is 1. The van der Waals surface area contributed by atoms with E-state index in [-0.39, 0.29) is 11.6 Å². The zero-order valence-corrected chi connectivity index (χ0v) is 12.4. The predicted octanol–water partition coefficient (Wildman–Crippen LogP) is 3.00. The molecule has 0 aliphatic heterocycles. The van der Waals surface area contributed by atoms with Gasteiger partial charge in [0.25, 0.3) is 5.82 Å². The molecule has 1 aromatic carbocycles. The second-order valence-corrected chi connectivity index (χ2v) is 5.25. The first-order valence-corrected chi connectivity index (χ1v) is 6.80. The highest BCUT2D eigenvalue weighted by Crippen LogP contribution is 2.31. The number of anilines is 1. The van der Waals surface area contributed by atoms with E-state index < -0.39 is 12.0 Å². The van der Waals surface area contributed by atoms with Crippen molar-refractivity contribution in [2.45, 2.75) is 6.18 Å². The van der Waals surface area contributed by atoms with Gasteiger partial charge >= 0.3 is 6.18 Å². The summed E-state index contributed by atoms with van der Waals surface area (Å²) < 4.78 is 39.5. The van der Waals surface area contributed by atoms with Gasteiger partial charge in [-0.15, -0.1) is 5.10 Å². The van der Waals surface area contributed by atoms with Crippen LogP contribution in [0.15, 0.2) is 30.3 Å². The van der Waals surface area contributed by atoms with Gasteiger partial charge in [-0.25, -0.2) is 9.97 Å². The van der Waals surface area contributed by atoms with Crippen molar-refractivity contribution in [3.8, 4) is 11.3 Å². The lowest BCUT2D eigenvalue weighted by atomic mass is 10.1. The Labute approximate surface area is 130 Å². The molecule has 0 atom stereocenters. The molecule has 0 spiro atoms. The van der Waals surface area contributed by atoms with E-state index in [9.17, 15) is 13.2 Å². The number of nitrogens with two attached hydrogens (primary N) is 1. The lowest BCUT2D eigenvalue weighted by molar-refractivity contribution is -0.144. The van der Waals surface area contributed by atoms with E-state index in [0.29, 0.717) is 9.26 Å². The van der Waals surface area contributed by atoms with Gasteiger partial charge in [0.2, 0.25) is 5.95 Å². The smallest absolute Gasteiger partial charge is 0.368 e. The molecular weight excluding hydrogens is 398 g/mol. The van der Waals surface area contributed by atoms with Crippen LogP contribution < -0.4 is 5.73 Å². The van der Waals surface area contributed by atoms with Crippen LogP contribution in [0, 0.1) is 3.57 Å². The number of nitrogen functional groups attached to an aromatic ring is 1. The summed E-state index contributed by atoms with van der Waals surface area (Å²) in [5.41, 5.74) is 6.95. The van der Waals surface area contributed by atoms with Crippen molar-refractivity contribution in [1.29, 1.82) is 0 Å². The van der Waals surface area contributed by atoms with Crippen LogP contribution in [0.5, 0.6) is 0 Å². The van der Waals surface area contributed by atoms with Gasteiger partial charge in [-0.05, 0) is 22.6 Å². The van der Waals surface area contributed by atoms with Crippen LogP contribution in [0.3, 0.4) is 0 Å². The van der Waals surface area contributed by atoms with Crippen molar-refractivity contribution in [2.24, 2.45) is 0 Å². The Kier molecular flexibility index (Phi) is 3.23. The SMILES string of the molecule is Nc1nc(-c2ccccc2)c(I)c2nc(C(F)(F)F)nn12. The molecule has 0 aliphatic carbocycles. The van der Waals surface area contributed by atoms with E-state index >= 15 is 0 Å². The van der Waals surface area contributed by atoms with Gasteiger partial charge in [-0.3, -0.25) is 0 Å². The summed E-state index contributed by atoms with van der Waals surface area (Å²) in [6.07, 6.45) is -4.63. The molecule has 0 aliphatic rings. The summed E-state index contributed by atoms with van der Waals surface area (Å²) in [5.74, 6) is -1.38. The highest BCUT2D eigenvalue weighted by atomic mass is 127. The van der Waals surface area contributed by atoms with Gasteiger partial charge < -0.3 is 5.73 Å². The number of halogens is 4. The minimum absolute atomic E-state index is 0.0364. The Hall–Kier alpha value is -1.91. The summed E-state index contributed by atoms with van der Waals surface area (Å²) >= 11 is 1.89. The highest BCUT2D eigenvalue weighted by Gasteiger charge is 2.37. The summed E-state index contributed by atoms with van der Waals surface area (Å²) in [7, 11) is 0. The van der Waals surface area contributed by atoms with Crippen LogP contribution in [-0.2, 0) is 6.18 Å². The first-order valence-electron chi connectivity index (χ1n) is 5.72. The normalized spacial score (nSPS) is 12.0. The van der Waals surface area contributed by atoms with Crippen LogP contribution in [0.25, 0.3) is 16.9 Å². The Morgan fingerprint density at radius 3 is 2.38 bits per heavy atom. The standard InChI is InChI=1S/C12H7F3IN5/c13-12(14,15)10-19-9-7(16)8(6-4-2-1-3-5-6)18-11(17)21(9)20-10/h1-5H,(H2,17,18). The van der Waals surface area contributed by atoms with Gasteiger partial charge in [0.05, 0.1) is 9.26 Å². The molecule has 0 fully saturated rings. The van der Waals surface area contributed by atoms with E-state index in [1.165, 1.54) is 0 Å². The molecule has 2 heterocycles. The van der Waals surface area contributed by atoms with Gasteiger partial charge in [-0.1, -0.05) is 30.3 Å². The van der Waals surface area contributed by atoms with Gasteiger partial charge in [-0.2, -0.15) is 17.7 Å². The molecule has 21 heavy (non-hydrogen) atoms. The van der Waals surface area contributed by atoms with Gasteiger partial charge in [0.15, 0.2) is 5.65 Å². The molecule has 108 valence electrons. The topological polar surface area (TPSA) is 69.1 Å². The van der Waals surface area contributed by atoms with Crippen molar-refractivity contribution >= 4 is 34.2 Å². The van der Waals surface area contributed by atoms with Crippen molar-refractivity contribution < 1.29 is 13.2 Å². The molecule has 3 aromatic rings. The average molecular weight is 405 g/mol. The second kappa shape index (κ2) is 4.83. The summed E-state index contributed by atoms with van der Waals surface area (Å²) in [4.78, 5) is 7.66. The molecule has 0 bridgehead atoms. The molecule has 0 radical (unpaired) electrons. The number of hydrogen-bond donors (Lipinski definition) is 1. The Bertz CT molecular complexity index is 813. The number of alkyl halides is 3. The quantitative estimate of drug-likeness (QED) is 0.633. The molecule has 0 saturated carbocycles. The molecule has 0 unspecified atom stereocenters. The zero-order chi connectivity index (χ0) is 15.2. The molecule has 2 aromatic heterocycles. The van der Waals surface area contributed by atoms with Crippen LogP contribution in [0.4, 0.5) is 19.1 Å². The highest BCUT2D eigenvalue weighted by molar-refractivity contribution is 14.1. The maximum Gasteiger partial charge on any atom is 0.453 e. The molecule has 0 amide bonds. The maximum absolute atomic E-state index is 12.7. The van der Waals surface area contributed by atoms with Crippen LogP contribution in [-0.4, -0.2) is 19.6 Å². The minimum atomic E-state index is -4.63. The van der Waals surface area contributed by atoms with E-state index in [4.69, 9.17) is 5.73 Å². The first-order chi connectivity index (χ1) is 9.88. The van der Waals surface area contributed by atoms with Crippen molar-refractivity contribution in [3.05, 3.63) is 39.7 Å². The number of nitrogens with zero attached hydrogens (tertiary/aromatic N) is 4. The molecule has 3 rings (SSSR count). The predicted molar refractivity (Wildman–Crippen MR) is 78.3 cm³/mol. The van der Waals surface area contributed by atoms with Crippen molar-refractivity contribution in [3.63, 3.8) is 0 Å². The lowest BCUT2D eigenvalue weighted by Gasteiger charge is -2.06. The van der Waals surface area contributed by atoms with E-state index in [1.807, 2.05) is 28.7 Å². The Balaban J connectivity index is 2.29. The first kappa shape index (κ1) is 14.0. The van der Waals surface area contributed by atoms with Crippen LogP contribution >= 0.6 is 22.6 Å². The fourth-order valence-corrected chi connectivity index (χ4v) is 2.62. The van der Waals surface area contributed by atoms with E-state index in [2.05, 4.69) is 15.1 Å². The third-order valence-electron chi connectivity index (χ3n) is 2.76. The number of benzene rings is 1. The number of rotatable bonds is 1. The molecule has 9 heteroatoms. The lowest BCUT2D eigenvalue weighted by Crippen LogP contribution is -2.09. The van der Waals surface area contributed by atoms with E-state index in [0.717, 1.165) is 10.1 Å². The Morgan fingerprint density at radius 1 is 1.10 bits per heavy atom. The zero-order valence-electron chi connectivity index (χ0n) is 10.3. The number of hydrogen-bond acceptors (Lipinski definition) is 4.